The van der Waals surface area contributed by atoms with Crippen LogP contribution in [0.3, 0.4) is 0 Å². The Morgan fingerprint density at radius 3 is 2.56 bits per heavy atom. The molecule has 0 aliphatic heterocycles. The van der Waals surface area contributed by atoms with Gasteiger partial charge in [-0.3, -0.25) is 10.1 Å². The summed E-state index contributed by atoms with van der Waals surface area (Å²) >= 11 is 3.17. The molecule has 0 bridgehead atoms. The predicted octanol–water partition coefficient (Wildman–Crippen LogP) is 3.32. The van der Waals surface area contributed by atoms with Gasteiger partial charge in [0, 0.05) is 6.54 Å². The third kappa shape index (κ3) is 3.09. The van der Waals surface area contributed by atoms with E-state index in [0.717, 1.165) is 0 Å². The van der Waals surface area contributed by atoms with Gasteiger partial charge in [0.1, 0.15) is 11.4 Å². The summed E-state index contributed by atoms with van der Waals surface area (Å²) in [5.41, 5.74) is -0.242. The van der Waals surface area contributed by atoms with E-state index in [2.05, 4.69) is 21.2 Å². The first kappa shape index (κ1) is 15.1. The summed E-state index contributed by atoms with van der Waals surface area (Å²) in [6.45, 7) is 3.96. The minimum Gasteiger partial charge on any atom is -0.480 e. The maximum absolute atomic E-state index is 13.3. The van der Waals surface area contributed by atoms with Crippen molar-refractivity contribution in [3.63, 3.8) is 0 Å². The van der Waals surface area contributed by atoms with Gasteiger partial charge in [0.15, 0.2) is 0 Å². The lowest BCUT2D eigenvalue weighted by Crippen LogP contribution is -2.50. The summed E-state index contributed by atoms with van der Waals surface area (Å²) in [6, 6.07) is 4.73. The van der Waals surface area contributed by atoms with E-state index in [-0.39, 0.29) is 5.82 Å². The number of benzene rings is 1. The Morgan fingerprint density at radius 1 is 1.44 bits per heavy atom. The number of carboxylic acid groups (broad SMARTS) is 1. The molecule has 0 heterocycles. The lowest BCUT2D eigenvalue weighted by atomic mass is 9.92. The fourth-order valence-corrected chi connectivity index (χ4v) is 2.23. The van der Waals surface area contributed by atoms with Crippen molar-refractivity contribution in [3.05, 3.63) is 34.1 Å². The number of aliphatic carboxylic acids is 1. The minimum atomic E-state index is -0.953. The van der Waals surface area contributed by atoms with Crippen LogP contribution in [-0.4, -0.2) is 16.6 Å². The molecular formula is C13H17BrFNO2. The van der Waals surface area contributed by atoms with E-state index in [4.69, 9.17) is 0 Å². The molecule has 1 aromatic rings. The number of carboxylic acids is 1. The van der Waals surface area contributed by atoms with Crippen LogP contribution in [0, 0.1) is 5.82 Å². The van der Waals surface area contributed by atoms with E-state index in [1.807, 2.05) is 13.8 Å². The van der Waals surface area contributed by atoms with Gasteiger partial charge in [-0.1, -0.05) is 26.0 Å². The molecule has 0 unspecified atom stereocenters. The average molecular weight is 318 g/mol. The van der Waals surface area contributed by atoms with E-state index in [9.17, 15) is 14.3 Å². The number of nitrogens with one attached hydrogen (secondary N) is 1. The van der Waals surface area contributed by atoms with Crippen molar-refractivity contribution in [2.75, 3.05) is 0 Å². The Bertz CT molecular complexity index is 433. The van der Waals surface area contributed by atoms with Crippen LogP contribution in [0.25, 0.3) is 0 Å². The number of hydrogen-bond acceptors (Lipinski definition) is 2. The van der Waals surface area contributed by atoms with E-state index in [1.54, 1.807) is 12.1 Å². The van der Waals surface area contributed by atoms with Gasteiger partial charge >= 0.3 is 5.97 Å². The molecule has 18 heavy (non-hydrogen) atoms. The second-order valence-corrected chi connectivity index (χ2v) is 4.95. The van der Waals surface area contributed by atoms with Crippen LogP contribution < -0.4 is 5.32 Å². The fraction of sp³-hybridized carbons (Fsp3) is 0.462. The van der Waals surface area contributed by atoms with Gasteiger partial charge in [0.25, 0.3) is 0 Å². The maximum Gasteiger partial charge on any atom is 0.323 e. The molecule has 0 saturated heterocycles. The van der Waals surface area contributed by atoms with Crippen LogP contribution in [0.4, 0.5) is 4.39 Å². The molecule has 0 aliphatic rings. The van der Waals surface area contributed by atoms with Gasteiger partial charge in [-0.05, 0) is 40.4 Å². The van der Waals surface area contributed by atoms with Crippen LogP contribution in [0.1, 0.15) is 32.3 Å². The zero-order valence-corrected chi connectivity index (χ0v) is 12.1. The molecule has 0 radical (unpaired) electrons. The molecule has 0 aliphatic carbocycles. The lowest BCUT2D eigenvalue weighted by Gasteiger charge is -2.28. The zero-order valence-electron chi connectivity index (χ0n) is 10.5. The van der Waals surface area contributed by atoms with E-state index >= 15 is 0 Å². The van der Waals surface area contributed by atoms with Gasteiger partial charge in [-0.2, -0.15) is 0 Å². The van der Waals surface area contributed by atoms with E-state index < -0.39 is 11.5 Å². The highest BCUT2D eigenvalue weighted by molar-refractivity contribution is 9.10. The molecule has 0 saturated carbocycles. The first-order chi connectivity index (χ1) is 8.46. The molecule has 0 amide bonds. The third-order valence-corrected chi connectivity index (χ3v) is 4.15. The Morgan fingerprint density at radius 2 is 2.06 bits per heavy atom. The molecule has 1 rings (SSSR count). The summed E-state index contributed by atoms with van der Waals surface area (Å²) in [4.78, 5) is 11.3. The second kappa shape index (κ2) is 6.29. The molecule has 3 nitrogen and oxygen atoms in total. The van der Waals surface area contributed by atoms with Crippen molar-refractivity contribution in [2.24, 2.45) is 0 Å². The summed E-state index contributed by atoms with van der Waals surface area (Å²) in [5.74, 6) is -1.22. The fourth-order valence-electron chi connectivity index (χ4n) is 1.83. The smallest absolute Gasteiger partial charge is 0.323 e. The molecule has 0 fully saturated rings. The molecule has 2 N–H and O–H groups in total. The number of rotatable bonds is 6. The van der Waals surface area contributed by atoms with Crippen LogP contribution in [0.5, 0.6) is 0 Å². The quantitative estimate of drug-likeness (QED) is 0.846. The molecular weight excluding hydrogens is 301 g/mol. The zero-order chi connectivity index (χ0) is 13.8. The normalized spacial score (nSPS) is 11.6. The Kier molecular flexibility index (Phi) is 5.28. The van der Waals surface area contributed by atoms with Crippen LogP contribution in [0.2, 0.25) is 0 Å². The van der Waals surface area contributed by atoms with Gasteiger partial charge in [0.2, 0.25) is 0 Å². The number of carbonyl (C=O) groups is 1. The predicted molar refractivity (Wildman–Crippen MR) is 71.9 cm³/mol. The highest BCUT2D eigenvalue weighted by Gasteiger charge is 2.34. The first-order valence-electron chi connectivity index (χ1n) is 5.88. The number of hydrogen-bond donors (Lipinski definition) is 2. The Hall–Kier alpha value is -0.940. The van der Waals surface area contributed by atoms with Crippen LogP contribution in [0.15, 0.2) is 22.7 Å². The third-order valence-electron chi connectivity index (χ3n) is 3.27. The summed E-state index contributed by atoms with van der Waals surface area (Å²) in [5, 5.41) is 12.3. The first-order valence-corrected chi connectivity index (χ1v) is 6.67. The van der Waals surface area contributed by atoms with Crippen molar-refractivity contribution >= 4 is 21.9 Å². The lowest BCUT2D eigenvalue weighted by molar-refractivity contribution is -0.145. The van der Waals surface area contributed by atoms with Crippen LogP contribution >= 0.6 is 15.9 Å². The Balaban J connectivity index is 2.86. The minimum absolute atomic E-state index is 0.312. The van der Waals surface area contributed by atoms with E-state index in [1.165, 1.54) is 6.07 Å². The average Bonchev–Trinajstić information content (AvgIpc) is 2.35. The highest BCUT2D eigenvalue weighted by atomic mass is 79.9. The topological polar surface area (TPSA) is 49.3 Å². The summed E-state index contributed by atoms with van der Waals surface area (Å²) < 4.78 is 13.7. The highest BCUT2D eigenvalue weighted by Crippen LogP contribution is 2.22. The number of halogens is 2. The molecule has 100 valence electrons. The monoisotopic (exact) mass is 317 g/mol. The Labute approximate surface area is 115 Å². The van der Waals surface area contributed by atoms with E-state index in [0.29, 0.717) is 29.4 Å². The van der Waals surface area contributed by atoms with Crippen molar-refractivity contribution in [3.8, 4) is 0 Å². The van der Waals surface area contributed by atoms with Crippen LogP contribution in [-0.2, 0) is 11.3 Å². The van der Waals surface area contributed by atoms with Gasteiger partial charge < -0.3 is 5.11 Å². The molecule has 1 aromatic carbocycles. The molecule has 0 aromatic heterocycles. The second-order valence-electron chi connectivity index (χ2n) is 4.16. The largest absolute Gasteiger partial charge is 0.480 e. The molecule has 5 heteroatoms. The van der Waals surface area contributed by atoms with Crippen molar-refractivity contribution in [1.82, 2.24) is 5.32 Å². The SMILES string of the molecule is CCC(CC)(NCc1cccc(F)c1Br)C(=O)O. The molecule has 0 atom stereocenters. The maximum atomic E-state index is 13.3. The standard InChI is InChI=1S/C13H17BrFNO2/c1-3-13(4-2,12(17)18)16-8-9-6-5-7-10(15)11(9)14/h5-7,16H,3-4,8H2,1-2H3,(H,17,18). The van der Waals surface area contributed by atoms with Crippen molar-refractivity contribution < 1.29 is 14.3 Å². The van der Waals surface area contributed by atoms with Gasteiger partial charge in [0.05, 0.1) is 4.47 Å². The molecule has 0 spiro atoms. The summed E-state index contributed by atoms with van der Waals surface area (Å²) in [7, 11) is 0. The van der Waals surface area contributed by atoms with Gasteiger partial charge in [-0.15, -0.1) is 0 Å². The van der Waals surface area contributed by atoms with Crippen molar-refractivity contribution in [1.29, 1.82) is 0 Å². The van der Waals surface area contributed by atoms with Crippen molar-refractivity contribution in [2.45, 2.75) is 38.8 Å². The van der Waals surface area contributed by atoms with Gasteiger partial charge in [-0.25, -0.2) is 4.39 Å². The summed E-state index contributed by atoms with van der Waals surface area (Å²) in [6.07, 6.45) is 0.956.